The summed E-state index contributed by atoms with van der Waals surface area (Å²) < 4.78 is 25.8. The number of unbranched alkanes of at least 4 members (excludes halogenated alkanes) is 2. The molecule has 6 aromatic rings. The summed E-state index contributed by atoms with van der Waals surface area (Å²) in [5.74, 6) is 6.97. The van der Waals surface area contributed by atoms with Crippen molar-refractivity contribution < 1.29 is 18.9 Å². The molecular formula is C58H70O4. The lowest BCUT2D eigenvalue weighted by Crippen LogP contribution is -2.13. The van der Waals surface area contributed by atoms with Crippen LogP contribution in [0.4, 0.5) is 0 Å². The molecule has 0 amide bonds. The Balaban J connectivity index is 0.856. The van der Waals surface area contributed by atoms with Crippen molar-refractivity contribution in [1.82, 2.24) is 0 Å². The van der Waals surface area contributed by atoms with E-state index in [2.05, 4.69) is 135 Å². The Morgan fingerprint density at radius 3 is 1.15 bits per heavy atom. The van der Waals surface area contributed by atoms with Gasteiger partial charge in [0.15, 0.2) is 0 Å². The molecule has 0 bridgehead atoms. The maximum absolute atomic E-state index is 6.69. The number of ether oxygens (including phenoxy) is 4. The molecule has 2 aliphatic carbocycles. The minimum Gasteiger partial charge on any atom is -0.494 e. The Kier molecular flexibility index (Phi) is 15.8. The van der Waals surface area contributed by atoms with Crippen molar-refractivity contribution in [3.63, 3.8) is 0 Å². The van der Waals surface area contributed by atoms with Gasteiger partial charge in [-0.1, -0.05) is 124 Å². The first-order chi connectivity index (χ1) is 30.7. The van der Waals surface area contributed by atoms with Crippen molar-refractivity contribution in [2.75, 3.05) is 26.4 Å². The zero-order valence-electron chi connectivity index (χ0n) is 37.6. The Hall–Kier alpha value is -4.96. The first kappa shape index (κ1) is 43.7. The number of benzene rings is 6. The lowest BCUT2D eigenvalue weighted by Gasteiger charge is -2.28. The Morgan fingerprint density at radius 1 is 0.387 bits per heavy atom. The zero-order chi connectivity index (χ0) is 42.4. The van der Waals surface area contributed by atoms with Gasteiger partial charge in [-0.25, -0.2) is 0 Å². The van der Waals surface area contributed by atoms with Gasteiger partial charge >= 0.3 is 0 Å². The SMILES string of the molecule is CCCC1CCC(c2ccc(OCCCCOc3ccc4ccccc4c3-c3c(OCCCCOc4ccc(C5CCC(CCC)CC5)cc4)ccc4ccccc34)cc2)CC1. The summed E-state index contributed by atoms with van der Waals surface area (Å²) in [7, 11) is 0. The molecule has 6 aromatic carbocycles. The molecule has 4 heteroatoms. The second-order valence-electron chi connectivity index (χ2n) is 18.3. The van der Waals surface area contributed by atoms with E-state index in [-0.39, 0.29) is 0 Å². The molecule has 2 fully saturated rings. The molecular weight excluding hydrogens is 761 g/mol. The molecule has 0 N–H and O–H groups in total. The van der Waals surface area contributed by atoms with Gasteiger partial charge in [0.05, 0.1) is 26.4 Å². The van der Waals surface area contributed by atoms with Crippen LogP contribution >= 0.6 is 0 Å². The van der Waals surface area contributed by atoms with Gasteiger partial charge < -0.3 is 18.9 Å². The largest absolute Gasteiger partial charge is 0.494 e. The fourth-order valence-corrected chi connectivity index (χ4v) is 10.5. The van der Waals surface area contributed by atoms with Crippen molar-refractivity contribution in [3.8, 4) is 34.1 Å². The third kappa shape index (κ3) is 11.3. The molecule has 0 atom stereocenters. The van der Waals surface area contributed by atoms with Crippen LogP contribution in [-0.4, -0.2) is 26.4 Å². The van der Waals surface area contributed by atoms with E-state index in [1.807, 2.05) is 0 Å². The van der Waals surface area contributed by atoms with Gasteiger partial charge in [0.2, 0.25) is 0 Å². The van der Waals surface area contributed by atoms with Crippen LogP contribution in [0.15, 0.2) is 121 Å². The molecule has 0 spiro atoms. The highest BCUT2D eigenvalue weighted by molar-refractivity contribution is 6.09. The van der Waals surface area contributed by atoms with Crippen LogP contribution in [0.1, 0.15) is 140 Å². The topological polar surface area (TPSA) is 36.9 Å². The molecule has 0 radical (unpaired) electrons. The van der Waals surface area contributed by atoms with Crippen LogP contribution in [0.25, 0.3) is 32.7 Å². The highest BCUT2D eigenvalue weighted by Gasteiger charge is 2.24. The van der Waals surface area contributed by atoms with E-state index < -0.39 is 0 Å². The van der Waals surface area contributed by atoms with Gasteiger partial charge in [-0.2, -0.15) is 0 Å². The van der Waals surface area contributed by atoms with Crippen LogP contribution in [0.2, 0.25) is 0 Å². The molecule has 0 heterocycles. The van der Waals surface area contributed by atoms with Gasteiger partial charge in [-0.3, -0.25) is 0 Å². The number of hydrogen-bond acceptors (Lipinski definition) is 4. The average molecular weight is 831 g/mol. The van der Waals surface area contributed by atoms with Crippen LogP contribution < -0.4 is 18.9 Å². The molecule has 62 heavy (non-hydrogen) atoms. The molecule has 8 rings (SSSR count). The van der Waals surface area contributed by atoms with Crippen LogP contribution in [0.5, 0.6) is 23.0 Å². The normalized spacial score (nSPS) is 19.1. The minimum atomic E-state index is 0.609. The van der Waals surface area contributed by atoms with E-state index in [1.165, 1.54) is 98.9 Å². The Bertz CT molecular complexity index is 2100. The summed E-state index contributed by atoms with van der Waals surface area (Å²) in [6.45, 7) is 7.20. The summed E-state index contributed by atoms with van der Waals surface area (Å²) >= 11 is 0. The second kappa shape index (κ2) is 22.4. The predicted molar refractivity (Wildman–Crippen MR) is 259 cm³/mol. The number of hydrogen-bond donors (Lipinski definition) is 0. The monoisotopic (exact) mass is 831 g/mol. The van der Waals surface area contributed by atoms with Crippen molar-refractivity contribution in [2.45, 2.75) is 128 Å². The molecule has 4 nitrogen and oxygen atoms in total. The van der Waals surface area contributed by atoms with Gasteiger partial charge in [-0.05, 0) is 170 Å². The van der Waals surface area contributed by atoms with E-state index in [0.29, 0.717) is 38.3 Å². The number of fused-ring (bicyclic) bond motifs is 2. The van der Waals surface area contributed by atoms with E-state index in [4.69, 9.17) is 18.9 Å². The number of rotatable bonds is 21. The van der Waals surface area contributed by atoms with Crippen molar-refractivity contribution in [3.05, 3.63) is 132 Å². The smallest absolute Gasteiger partial charge is 0.127 e. The van der Waals surface area contributed by atoms with E-state index in [9.17, 15) is 0 Å². The summed E-state index contributed by atoms with van der Waals surface area (Å²) in [4.78, 5) is 0. The molecule has 0 saturated heterocycles. The van der Waals surface area contributed by atoms with Crippen molar-refractivity contribution >= 4 is 21.5 Å². The quantitative estimate of drug-likeness (QED) is 0.0677. The highest BCUT2D eigenvalue weighted by Crippen LogP contribution is 2.46. The maximum Gasteiger partial charge on any atom is 0.127 e. The van der Waals surface area contributed by atoms with Crippen molar-refractivity contribution in [2.24, 2.45) is 11.8 Å². The fourth-order valence-electron chi connectivity index (χ4n) is 10.5. The molecule has 2 saturated carbocycles. The van der Waals surface area contributed by atoms with Crippen LogP contribution in [0, 0.1) is 11.8 Å². The summed E-state index contributed by atoms with van der Waals surface area (Å²) in [5.41, 5.74) is 5.13. The summed E-state index contributed by atoms with van der Waals surface area (Å²) in [5, 5.41) is 4.69. The van der Waals surface area contributed by atoms with Crippen LogP contribution in [0.3, 0.4) is 0 Å². The predicted octanol–water partition coefficient (Wildman–Crippen LogP) is 16.3. The lowest BCUT2D eigenvalue weighted by molar-refractivity contribution is 0.265. The molecule has 0 aromatic heterocycles. The lowest BCUT2D eigenvalue weighted by atomic mass is 9.77. The van der Waals surface area contributed by atoms with E-state index in [1.54, 1.807) is 0 Å². The van der Waals surface area contributed by atoms with Gasteiger partial charge in [0.1, 0.15) is 23.0 Å². The molecule has 0 aliphatic heterocycles. The summed E-state index contributed by atoms with van der Waals surface area (Å²) in [6, 6.07) is 43.7. The van der Waals surface area contributed by atoms with Gasteiger partial charge in [0, 0.05) is 11.1 Å². The summed E-state index contributed by atoms with van der Waals surface area (Å²) in [6.07, 6.45) is 19.9. The van der Waals surface area contributed by atoms with E-state index in [0.717, 1.165) is 82.4 Å². The minimum absolute atomic E-state index is 0.609. The fraction of sp³-hybridized carbons (Fsp3) is 0.448. The average Bonchev–Trinajstić information content (AvgIpc) is 3.32. The van der Waals surface area contributed by atoms with Gasteiger partial charge in [0.25, 0.3) is 0 Å². The third-order valence-electron chi connectivity index (χ3n) is 14.0. The third-order valence-corrected chi connectivity index (χ3v) is 14.0. The molecule has 0 unspecified atom stereocenters. The van der Waals surface area contributed by atoms with Gasteiger partial charge in [-0.15, -0.1) is 0 Å². The maximum atomic E-state index is 6.69. The molecule has 2 aliphatic rings. The first-order valence-corrected chi connectivity index (χ1v) is 24.4. The Labute approximate surface area is 372 Å². The van der Waals surface area contributed by atoms with Crippen molar-refractivity contribution in [1.29, 1.82) is 0 Å². The van der Waals surface area contributed by atoms with E-state index >= 15 is 0 Å². The molecule has 326 valence electrons. The first-order valence-electron chi connectivity index (χ1n) is 24.4. The second-order valence-corrected chi connectivity index (χ2v) is 18.3. The Morgan fingerprint density at radius 2 is 0.758 bits per heavy atom. The van der Waals surface area contributed by atoms with Crippen LogP contribution in [-0.2, 0) is 0 Å². The standard InChI is InChI=1S/C58H70O4/c1-3-13-43-19-23-45(24-20-43)47-27-33-51(34-28-47)59-39-9-11-41-61-55-37-31-49-15-5-7-17-53(49)57(55)58-54-18-8-6-16-50(54)32-38-56(58)62-42-12-10-40-60-52-35-29-48(30-36-52)46-25-21-44(14-4-2)22-26-46/h5-8,15-18,27-38,43-46H,3-4,9-14,19-26,39-42H2,1-2H3. The highest BCUT2D eigenvalue weighted by atomic mass is 16.5. The zero-order valence-corrected chi connectivity index (χ0v) is 37.6.